The van der Waals surface area contributed by atoms with E-state index in [1.165, 1.54) is 25.3 Å². The van der Waals surface area contributed by atoms with E-state index in [2.05, 4.69) is 70.7 Å². The average molecular weight is 794 g/mol. The molecule has 2 aromatic carbocycles. The number of alkyl carbamates (subject to hydrolysis) is 1. The number of rotatable bonds is 11. The minimum atomic E-state index is -1.13. The number of nitrogens with zero attached hydrogens (tertiary/aromatic N) is 6. The zero-order chi connectivity index (χ0) is 41.6. The van der Waals surface area contributed by atoms with Crippen LogP contribution in [0.3, 0.4) is 0 Å². The number of carbonyl (C=O) groups excluding carboxylic acids is 3. The number of likely N-dealkylation sites (N-methyl/N-ethyl adjacent to an activating group) is 1. The van der Waals surface area contributed by atoms with Crippen molar-refractivity contribution in [3.8, 4) is 33.6 Å². The zero-order valence-corrected chi connectivity index (χ0v) is 34.6. The Morgan fingerprint density at radius 3 is 1.72 bits per heavy atom. The third-order valence-electron chi connectivity index (χ3n) is 12.0. The topological polar surface area (TPSA) is 180 Å². The molecule has 4 heterocycles. The van der Waals surface area contributed by atoms with E-state index in [9.17, 15) is 24.3 Å². The van der Waals surface area contributed by atoms with E-state index in [0.717, 1.165) is 70.0 Å². The summed E-state index contributed by atoms with van der Waals surface area (Å²) in [4.78, 5) is 74.8. The van der Waals surface area contributed by atoms with Crippen molar-refractivity contribution >= 4 is 24.0 Å². The fourth-order valence-corrected chi connectivity index (χ4v) is 9.13. The Labute approximate surface area is 339 Å². The predicted octanol–water partition coefficient (Wildman–Crippen LogP) is 6.44. The van der Waals surface area contributed by atoms with Gasteiger partial charge in [0.2, 0.25) is 11.8 Å². The van der Waals surface area contributed by atoms with E-state index in [1.807, 2.05) is 45.0 Å². The Morgan fingerprint density at radius 1 is 0.793 bits per heavy atom. The van der Waals surface area contributed by atoms with Crippen molar-refractivity contribution in [2.75, 3.05) is 41.3 Å². The summed E-state index contributed by atoms with van der Waals surface area (Å²) in [5, 5.41) is 12.4. The summed E-state index contributed by atoms with van der Waals surface area (Å²) in [5.41, 5.74) is 8.34. The molecule has 4 aromatic rings. The molecule has 0 saturated carbocycles. The molecule has 5 atom stereocenters. The van der Waals surface area contributed by atoms with Crippen molar-refractivity contribution in [2.24, 2.45) is 11.8 Å². The van der Waals surface area contributed by atoms with Gasteiger partial charge in [-0.2, -0.15) is 0 Å². The summed E-state index contributed by atoms with van der Waals surface area (Å²) in [5.74, 6) is 0.766. The van der Waals surface area contributed by atoms with Crippen LogP contribution in [0.15, 0.2) is 48.8 Å². The molecule has 0 radical (unpaired) electrons. The van der Waals surface area contributed by atoms with E-state index in [4.69, 9.17) is 14.7 Å². The highest BCUT2D eigenvalue weighted by atomic mass is 16.5. The maximum atomic E-state index is 13.8. The maximum Gasteiger partial charge on any atom is 0.407 e. The zero-order valence-electron chi connectivity index (χ0n) is 34.6. The van der Waals surface area contributed by atoms with E-state index in [1.54, 1.807) is 4.90 Å². The maximum absolute atomic E-state index is 13.8. The first kappa shape index (κ1) is 40.5. The predicted molar refractivity (Wildman–Crippen MR) is 219 cm³/mol. The summed E-state index contributed by atoms with van der Waals surface area (Å²) in [6.45, 7) is 8.67. The second-order valence-corrected chi connectivity index (χ2v) is 16.7. The van der Waals surface area contributed by atoms with Gasteiger partial charge < -0.3 is 34.9 Å². The highest BCUT2D eigenvalue weighted by molar-refractivity contribution is 5.87. The molecule has 2 unspecified atom stereocenters. The number of nitrogens with one attached hydrogen (secondary N) is 3. The molecule has 0 spiro atoms. The molecular weight excluding hydrogens is 739 g/mol. The fourth-order valence-electron chi connectivity index (χ4n) is 9.13. The van der Waals surface area contributed by atoms with Gasteiger partial charge in [-0.1, -0.05) is 52.0 Å². The Bertz CT molecular complexity index is 2190. The molecule has 308 valence electrons. The number of methoxy groups -OCH3 is 1. The summed E-state index contributed by atoms with van der Waals surface area (Å²) in [6, 6.07) is 11.0. The molecule has 15 nitrogen and oxygen atoms in total. The van der Waals surface area contributed by atoms with Crippen molar-refractivity contribution < 1.29 is 29.0 Å². The summed E-state index contributed by atoms with van der Waals surface area (Å²) >= 11 is 0. The molecule has 2 aliphatic heterocycles. The standard InChI is InChI=1S/C43H55N9O6/c1-23(2)35(48-42(55)58-8)40(53)51-17-9-11-33(51)38-44-21-31(46-38)25-13-15-27-28-16-14-26(20-30(28)37(49(5)6)29(27)19-25)32-22-45-39(47-32)34-12-10-18-52(34)41(54)36(24(3)4)50(7)43(56)57/h13-16,19-24,33-37H,9-12,17-18H2,1-8H3,(H,44,46)(H,45,47)(H,48,55)(H,56,57)/t33?,34-,35-,36-,37?/m0/s1. The lowest BCUT2D eigenvalue weighted by molar-refractivity contribution is -0.138. The number of likely N-dealkylation sites (tertiary alicyclic amines) is 2. The number of carboxylic acid groups (broad SMARTS) is 1. The molecule has 4 amide bonds. The van der Waals surface area contributed by atoms with Crippen LogP contribution in [0.1, 0.15) is 94.3 Å². The molecule has 1 aliphatic carbocycles. The number of benzene rings is 2. The molecule has 3 aliphatic rings. The van der Waals surface area contributed by atoms with Crippen molar-refractivity contribution in [1.82, 2.24) is 44.9 Å². The van der Waals surface area contributed by atoms with Gasteiger partial charge in [0, 0.05) is 20.1 Å². The number of hydrogen-bond acceptors (Lipinski definition) is 8. The molecule has 15 heteroatoms. The van der Waals surface area contributed by atoms with Crippen molar-refractivity contribution in [2.45, 2.75) is 83.6 Å². The van der Waals surface area contributed by atoms with E-state index >= 15 is 0 Å². The van der Waals surface area contributed by atoms with E-state index in [0.29, 0.717) is 18.9 Å². The first-order chi connectivity index (χ1) is 27.7. The Balaban J connectivity index is 1.11. The van der Waals surface area contributed by atoms with E-state index < -0.39 is 24.3 Å². The number of ether oxygens (including phenoxy) is 1. The third kappa shape index (κ3) is 7.43. The smallest absolute Gasteiger partial charge is 0.407 e. The average Bonchev–Trinajstić information content (AvgIpc) is 4.04. The largest absolute Gasteiger partial charge is 0.465 e. The van der Waals surface area contributed by atoms with Gasteiger partial charge in [0.15, 0.2) is 0 Å². The Hall–Kier alpha value is -5.70. The number of amides is 4. The van der Waals surface area contributed by atoms with Gasteiger partial charge in [0.25, 0.3) is 0 Å². The third-order valence-corrected chi connectivity index (χ3v) is 12.0. The number of aromatic nitrogens is 4. The molecule has 4 N–H and O–H groups in total. The normalized spacial score (nSPS) is 19.7. The van der Waals surface area contributed by atoms with Crippen LogP contribution >= 0.6 is 0 Å². The van der Waals surface area contributed by atoms with Gasteiger partial charge in [0.05, 0.1) is 49.0 Å². The fraction of sp³-hybridized carbons (Fsp3) is 0.488. The summed E-state index contributed by atoms with van der Waals surface area (Å²) in [6.07, 6.45) is 5.05. The van der Waals surface area contributed by atoms with Gasteiger partial charge in [-0.3, -0.25) is 19.4 Å². The van der Waals surface area contributed by atoms with Crippen LogP contribution in [0, 0.1) is 11.8 Å². The van der Waals surface area contributed by atoms with Gasteiger partial charge in [-0.15, -0.1) is 0 Å². The molecule has 0 bridgehead atoms. The number of imidazole rings is 2. The molecule has 7 rings (SSSR count). The van der Waals surface area contributed by atoms with Crippen molar-refractivity contribution in [3.63, 3.8) is 0 Å². The SMILES string of the molecule is COC(=O)N[C@H](C(=O)N1CCCC1c1ncc(-c2ccc3c(c2)C(N(C)C)c2cc(-c4cnc([C@@H]5CCCN5C(=O)[C@H](C(C)C)N(C)C(=O)O)[nH]4)ccc2-3)[nH]1)C(C)C. The van der Waals surface area contributed by atoms with Crippen molar-refractivity contribution in [1.29, 1.82) is 0 Å². The first-order valence-electron chi connectivity index (χ1n) is 20.2. The van der Waals surface area contributed by atoms with Gasteiger partial charge in [-0.05, 0) is 97.1 Å². The molecule has 2 saturated heterocycles. The second kappa shape index (κ2) is 16.3. The molecular formula is C43H55N9O6. The number of carbonyl (C=O) groups is 4. The van der Waals surface area contributed by atoms with Crippen LogP contribution in [-0.2, 0) is 14.3 Å². The molecule has 58 heavy (non-hydrogen) atoms. The Morgan fingerprint density at radius 2 is 1.29 bits per heavy atom. The van der Waals surface area contributed by atoms with Gasteiger partial charge in [0.1, 0.15) is 23.7 Å². The quantitative estimate of drug-likeness (QED) is 0.133. The van der Waals surface area contributed by atoms with Crippen LogP contribution in [0.5, 0.6) is 0 Å². The minimum Gasteiger partial charge on any atom is -0.465 e. The lowest BCUT2D eigenvalue weighted by Crippen LogP contribution is -2.51. The number of fused-ring (bicyclic) bond motifs is 3. The van der Waals surface area contributed by atoms with Crippen LogP contribution < -0.4 is 5.32 Å². The Kier molecular flexibility index (Phi) is 11.4. The molecule has 2 fully saturated rings. The lowest BCUT2D eigenvalue weighted by Gasteiger charge is -2.33. The van der Waals surface area contributed by atoms with Gasteiger partial charge >= 0.3 is 12.2 Å². The monoisotopic (exact) mass is 793 g/mol. The van der Waals surface area contributed by atoms with Crippen molar-refractivity contribution in [3.05, 3.63) is 71.6 Å². The van der Waals surface area contributed by atoms with Crippen LogP contribution in [0.25, 0.3) is 33.6 Å². The van der Waals surface area contributed by atoms with Crippen LogP contribution in [0.2, 0.25) is 0 Å². The summed E-state index contributed by atoms with van der Waals surface area (Å²) < 4.78 is 4.79. The first-order valence-corrected chi connectivity index (χ1v) is 20.2. The highest BCUT2D eigenvalue weighted by Gasteiger charge is 2.41. The lowest BCUT2D eigenvalue weighted by atomic mass is 10.00. The summed E-state index contributed by atoms with van der Waals surface area (Å²) in [7, 11) is 6.90. The second-order valence-electron chi connectivity index (χ2n) is 16.7. The number of H-pyrrole nitrogens is 2. The van der Waals surface area contributed by atoms with Crippen LogP contribution in [0.4, 0.5) is 9.59 Å². The van der Waals surface area contributed by atoms with Crippen LogP contribution in [-0.4, -0.2) is 122 Å². The number of aromatic amines is 2. The minimum absolute atomic E-state index is 0.0185. The number of hydrogen-bond donors (Lipinski definition) is 4. The van der Waals surface area contributed by atoms with Gasteiger partial charge in [-0.25, -0.2) is 19.6 Å². The highest BCUT2D eigenvalue weighted by Crippen LogP contribution is 2.48. The molecule has 2 aromatic heterocycles. The van der Waals surface area contributed by atoms with E-state index in [-0.39, 0.29) is 41.8 Å².